The molecule has 1 N–H and O–H groups in total. The van der Waals surface area contributed by atoms with Gasteiger partial charge < -0.3 is 19.5 Å². The molecule has 1 aromatic heterocycles. The molecule has 0 aliphatic carbocycles. The van der Waals surface area contributed by atoms with Crippen LogP contribution in [0.25, 0.3) is 10.9 Å². The third-order valence-corrected chi connectivity index (χ3v) is 5.63. The Morgan fingerprint density at radius 2 is 2.11 bits per heavy atom. The van der Waals surface area contributed by atoms with Gasteiger partial charge in [0.1, 0.15) is 17.5 Å². The van der Waals surface area contributed by atoms with Crippen molar-refractivity contribution in [1.82, 2.24) is 9.88 Å². The Kier molecular flexibility index (Phi) is 3.50. The highest BCUT2D eigenvalue weighted by molar-refractivity contribution is 6.05. The molecule has 1 amide bonds. The van der Waals surface area contributed by atoms with Crippen molar-refractivity contribution in [2.75, 3.05) is 25.1 Å². The maximum atomic E-state index is 13.4. The second-order valence-electron chi connectivity index (χ2n) is 6.98. The second kappa shape index (κ2) is 5.91. The summed E-state index contributed by atoms with van der Waals surface area (Å²) < 4.78 is 5.50. The number of para-hydroxylation sites is 1. The Morgan fingerprint density at radius 1 is 1.26 bits per heavy atom. The fourth-order valence-electron chi connectivity index (χ4n) is 4.51. The van der Waals surface area contributed by atoms with Crippen LogP contribution in [0.4, 0.5) is 5.69 Å². The van der Waals surface area contributed by atoms with Crippen LogP contribution in [0.3, 0.4) is 0 Å². The van der Waals surface area contributed by atoms with Crippen molar-refractivity contribution < 1.29 is 9.53 Å². The standard InChI is InChI=1S/C22H21N3O2/c1-3-12-24-17-9-6-10-18(27-2)19(17)22(26)25-13-11-15-14-7-4-5-8-16(14)23-20(15)21(24)25/h3-10,21,23H,1,11-13H2,2H3. The Morgan fingerprint density at radius 3 is 2.93 bits per heavy atom. The summed E-state index contributed by atoms with van der Waals surface area (Å²) in [6.45, 7) is 5.27. The molecule has 0 saturated heterocycles. The zero-order chi connectivity index (χ0) is 18.5. The lowest BCUT2D eigenvalue weighted by atomic mass is 9.95. The van der Waals surface area contributed by atoms with Gasteiger partial charge >= 0.3 is 0 Å². The summed E-state index contributed by atoms with van der Waals surface area (Å²) in [7, 11) is 1.61. The number of amides is 1. The van der Waals surface area contributed by atoms with Crippen LogP contribution >= 0.6 is 0 Å². The van der Waals surface area contributed by atoms with Crippen molar-refractivity contribution in [1.29, 1.82) is 0 Å². The number of rotatable bonds is 3. The number of hydrogen-bond acceptors (Lipinski definition) is 3. The van der Waals surface area contributed by atoms with Crippen LogP contribution in [-0.2, 0) is 6.42 Å². The summed E-state index contributed by atoms with van der Waals surface area (Å²) in [5, 5.41) is 1.24. The van der Waals surface area contributed by atoms with Crippen molar-refractivity contribution in [3.63, 3.8) is 0 Å². The first-order valence-electron chi connectivity index (χ1n) is 9.19. The Hall–Kier alpha value is -3.21. The fourth-order valence-corrected chi connectivity index (χ4v) is 4.51. The van der Waals surface area contributed by atoms with Gasteiger partial charge in [-0.2, -0.15) is 0 Å². The fraction of sp³-hybridized carbons (Fsp3) is 0.227. The number of nitrogens with zero attached hydrogens (tertiary/aromatic N) is 2. The van der Waals surface area contributed by atoms with Crippen molar-refractivity contribution in [3.8, 4) is 5.75 Å². The zero-order valence-electron chi connectivity index (χ0n) is 15.2. The summed E-state index contributed by atoms with van der Waals surface area (Å²) >= 11 is 0. The molecule has 2 aliphatic rings. The number of methoxy groups -OCH3 is 1. The largest absolute Gasteiger partial charge is 0.496 e. The van der Waals surface area contributed by atoms with E-state index in [0.29, 0.717) is 24.4 Å². The van der Waals surface area contributed by atoms with E-state index < -0.39 is 0 Å². The maximum absolute atomic E-state index is 13.4. The minimum Gasteiger partial charge on any atom is -0.496 e. The molecule has 0 bridgehead atoms. The lowest BCUT2D eigenvalue weighted by molar-refractivity contribution is 0.0627. The zero-order valence-corrected chi connectivity index (χ0v) is 15.2. The molecule has 27 heavy (non-hydrogen) atoms. The van der Waals surface area contributed by atoms with Gasteiger partial charge in [-0.25, -0.2) is 0 Å². The highest BCUT2D eigenvalue weighted by Gasteiger charge is 2.43. The van der Waals surface area contributed by atoms with Crippen LogP contribution in [0.15, 0.2) is 55.1 Å². The molecule has 0 saturated carbocycles. The molecule has 3 heterocycles. The number of aromatic amines is 1. The first-order valence-corrected chi connectivity index (χ1v) is 9.19. The van der Waals surface area contributed by atoms with E-state index in [1.165, 1.54) is 10.9 Å². The lowest BCUT2D eigenvalue weighted by Crippen LogP contribution is -2.52. The maximum Gasteiger partial charge on any atom is 0.261 e. The van der Waals surface area contributed by atoms with E-state index >= 15 is 0 Å². The van der Waals surface area contributed by atoms with E-state index in [1.54, 1.807) is 7.11 Å². The summed E-state index contributed by atoms with van der Waals surface area (Å²) in [6.07, 6.45) is 2.56. The molecular weight excluding hydrogens is 338 g/mol. The predicted octanol–water partition coefficient (Wildman–Crippen LogP) is 3.88. The van der Waals surface area contributed by atoms with Gasteiger partial charge in [0.2, 0.25) is 0 Å². The summed E-state index contributed by atoms with van der Waals surface area (Å²) in [5.41, 5.74) is 5.06. The molecular formula is C22H21N3O2. The first-order chi connectivity index (χ1) is 13.2. The second-order valence-corrected chi connectivity index (χ2v) is 6.98. The minimum absolute atomic E-state index is 0.0251. The molecule has 5 nitrogen and oxygen atoms in total. The third kappa shape index (κ3) is 2.14. The molecule has 5 rings (SSSR count). The van der Waals surface area contributed by atoms with E-state index in [2.05, 4.69) is 34.7 Å². The third-order valence-electron chi connectivity index (χ3n) is 5.63. The van der Waals surface area contributed by atoms with Crippen molar-refractivity contribution >= 4 is 22.5 Å². The van der Waals surface area contributed by atoms with Crippen molar-refractivity contribution in [2.24, 2.45) is 0 Å². The van der Waals surface area contributed by atoms with Crippen LogP contribution in [-0.4, -0.2) is 36.0 Å². The highest BCUT2D eigenvalue weighted by Crippen LogP contribution is 2.45. The number of fused-ring (bicyclic) bond motifs is 6. The number of carbonyl (C=O) groups excluding carboxylic acids is 1. The van der Waals surface area contributed by atoms with E-state index in [9.17, 15) is 4.79 Å². The monoisotopic (exact) mass is 359 g/mol. The average Bonchev–Trinajstić information content (AvgIpc) is 3.09. The SMILES string of the molecule is C=CCN1c2cccc(OC)c2C(=O)N2CCc3c([nH]c4ccccc34)C21. The highest BCUT2D eigenvalue weighted by atomic mass is 16.5. The van der Waals surface area contributed by atoms with Gasteiger partial charge in [0.15, 0.2) is 0 Å². The van der Waals surface area contributed by atoms with Crippen LogP contribution in [0.5, 0.6) is 5.75 Å². The predicted molar refractivity (Wildman–Crippen MR) is 106 cm³/mol. The van der Waals surface area contributed by atoms with Gasteiger partial charge in [-0.1, -0.05) is 30.3 Å². The molecule has 2 aliphatic heterocycles. The average molecular weight is 359 g/mol. The number of carbonyl (C=O) groups is 1. The molecule has 1 unspecified atom stereocenters. The Balaban J connectivity index is 1.75. The Bertz CT molecular complexity index is 1070. The van der Waals surface area contributed by atoms with Crippen molar-refractivity contribution in [3.05, 3.63) is 71.9 Å². The molecule has 0 fully saturated rings. The van der Waals surface area contributed by atoms with Crippen molar-refractivity contribution in [2.45, 2.75) is 12.6 Å². The topological polar surface area (TPSA) is 48.6 Å². The number of H-pyrrole nitrogens is 1. The number of anilines is 1. The van der Waals surface area contributed by atoms with E-state index in [0.717, 1.165) is 23.3 Å². The molecule has 0 radical (unpaired) electrons. The van der Waals surface area contributed by atoms with E-state index in [-0.39, 0.29) is 12.1 Å². The van der Waals surface area contributed by atoms with Crippen LogP contribution in [0, 0.1) is 0 Å². The molecule has 136 valence electrons. The molecule has 3 aromatic rings. The van der Waals surface area contributed by atoms with Gasteiger partial charge in [-0.15, -0.1) is 6.58 Å². The number of ether oxygens (including phenoxy) is 1. The first kappa shape index (κ1) is 16.0. The van der Waals surface area contributed by atoms with Crippen LogP contribution in [0.2, 0.25) is 0 Å². The minimum atomic E-state index is -0.161. The van der Waals surface area contributed by atoms with Crippen LogP contribution < -0.4 is 9.64 Å². The molecule has 0 spiro atoms. The smallest absolute Gasteiger partial charge is 0.261 e. The molecule has 2 aromatic carbocycles. The van der Waals surface area contributed by atoms with Gasteiger partial charge in [-0.05, 0) is 30.2 Å². The van der Waals surface area contributed by atoms with Gasteiger partial charge in [0.25, 0.3) is 5.91 Å². The number of hydrogen-bond donors (Lipinski definition) is 1. The van der Waals surface area contributed by atoms with E-state index in [1.807, 2.05) is 35.2 Å². The summed E-state index contributed by atoms with van der Waals surface area (Å²) in [5.74, 6) is 0.643. The summed E-state index contributed by atoms with van der Waals surface area (Å²) in [4.78, 5) is 21.2. The van der Waals surface area contributed by atoms with Crippen LogP contribution in [0.1, 0.15) is 27.8 Å². The Labute approximate surface area is 157 Å². The lowest BCUT2D eigenvalue weighted by Gasteiger charge is -2.47. The molecule has 1 atom stereocenters. The normalized spacial score (nSPS) is 18.1. The van der Waals surface area contributed by atoms with Gasteiger partial charge in [-0.3, -0.25) is 4.79 Å². The summed E-state index contributed by atoms with van der Waals surface area (Å²) in [6, 6.07) is 14.1. The van der Waals surface area contributed by atoms with E-state index in [4.69, 9.17) is 4.74 Å². The quantitative estimate of drug-likeness (QED) is 0.722. The van der Waals surface area contributed by atoms with Gasteiger partial charge in [0.05, 0.1) is 18.5 Å². The van der Waals surface area contributed by atoms with Gasteiger partial charge in [0, 0.05) is 24.0 Å². The number of benzene rings is 2. The number of nitrogens with one attached hydrogen (secondary N) is 1. The molecule has 5 heteroatoms. The number of aromatic nitrogens is 1.